The number of piperazine rings is 1. The van der Waals surface area contributed by atoms with Crippen LogP contribution >= 0.6 is 0 Å². The summed E-state index contributed by atoms with van der Waals surface area (Å²) in [6, 6.07) is 9.54. The van der Waals surface area contributed by atoms with Crippen molar-refractivity contribution in [1.29, 1.82) is 0 Å². The van der Waals surface area contributed by atoms with Crippen LogP contribution in [0.2, 0.25) is 0 Å². The van der Waals surface area contributed by atoms with Gasteiger partial charge in [0.1, 0.15) is 17.3 Å². The Kier molecular flexibility index (Phi) is 4.88. The first-order valence-corrected chi connectivity index (χ1v) is 8.28. The minimum absolute atomic E-state index is 0.0166. The molecule has 2 amide bonds. The van der Waals surface area contributed by atoms with Crippen molar-refractivity contribution in [3.05, 3.63) is 59.2 Å². The zero-order valence-electron chi connectivity index (χ0n) is 14.4. The third kappa shape index (κ3) is 3.73. The van der Waals surface area contributed by atoms with E-state index in [1.54, 1.807) is 9.80 Å². The first-order valence-electron chi connectivity index (χ1n) is 8.28. The van der Waals surface area contributed by atoms with Crippen LogP contribution in [0.5, 0.6) is 0 Å². The molecule has 0 atom stereocenters. The number of urea groups is 1. The van der Waals surface area contributed by atoms with E-state index in [-0.39, 0.29) is 11.7 Å². The number of nitrogens with zero attached hydrogens (tertiary/aromatic N) is 2. The molecule has 1 fully saturated rings. The average Bonchev–Trinajstić information content (AvgIpc) is 2.58. The highest BCUT2D eigenvalue weighted by Crippen LogP contribution is 2.24. The lowest BCUT2D eigenvalue weighted by Gasteiger charge is -2.36. The van der Waals surface area contributed by atoms with E-state index in [0.29, 0.717) is 26.2 Å². The molecule has 0 unspecified atom stereocenters. The summed E-state index contributed by atoms with van der Waals surface area (Å²) in [5.74, 6) is -1.15. The molecule has 25 heavy (non-hydrogen) atoms. The van der Waals surface area contributed by atoms with E-state index < -0.39 is 11.6 Å². The van der Waals surface area contributed by atoms with Gasteiger partial charge in [0.15, 0.2) is 0 Å². The SMILES string of the molecule is Cc1ccc(C)c(NC(=O)N2CCN(c3c(F)cccc3F)CC2)c1. The Hall–Kier alpha value is -2.63. The second-order valence-electron chi connectivity index (χ2n) is 6.29. The second-order valence-corrected chi connectivity index (χ2v) is 6.29. The maximum absolute atomic E-state index is 13.9. The number of nitrogens with one attached hydrogen (secondary N) is 1. The van der Waals surface area contributed by atoms with Crippen LogP contribution in [0.1, 0.15) is 11.1 Å². The van der Waals surface area contributed by atoms with Crippen molar-refractivity contribution < 1.29 is 13.6 Å². The quantitative estimate of drug-likeness (QED) is 0.895. The molecule has 2 aromatic rings. The molecule has 0 spiro atoms. The Labute approximate surface area is 146 Å². The number of hydrogen-bond donors (Lipinski definition) is 1. The average molecular weight is 345 g/mol. The Balaban J connectivity index is 1.64. The molecular weight excluding hydrogens is 324 g/mol. The number of rotatable bonds is 2. The number of hydrogen-bond acceptors (Lipinski definition) is 2. The first-order chi connectivity index (χ1) is 12.0. The number of para-hydroxylation sites is 1. The molecule has 1 aliphatic rings. The number of benzene rings is 2. The summed E-state index contributed by atoms with van der Waals surface area (Å²) in [5, 5.41) is 2.92. The van der Waals surface area contributed by atoms with Gasteiger partial charge >= 0.3 is 6.03 Å². The lowest BCUT2D eigenvalue weighted by atomic mass is 10.1. The molecule has 0 bridgehead atoms. The van der Waals surface area contributed by atoms with Crippen LogP contribution < -0.4 is 10.2 Å². The largest absolute Gasteiger partial charge is 0.363 e. The zero-order chi connectivity index (χ0) is 18.0. The monoisotopic (exact) mass is 345 g/mol. The Morgan fingerprint density at radius 2 is 1.64 bits per heavy atom. The Bertz CT molecular complexity index is 766. The predicted molar refractivity (Wildman–Crippen MR) is 95.1 cm³/mol. The predicted octanol–water partition coefficient (Wildman–Crippen LogP) is 3.94. The van der Waals surface area contributed by atoms with Gasteiger partial charge < -0.3 is 15.1 Å². The van der Waals surface area contributed by atoms with Crippen molar-refractivity contribution >= 4 is 17.4 Å². The van der Waals surface area contributed by atoms with Gasteiger partial charge in [-0.1, -0.05) is 18.2 Å². The van der Waals surface area contributed by atoms with E-state index in [2.05, 4.69) is 5.32 Å². The van der Waals surface area contributed by atoms with Crippen molar-refractivity contribution in [1.82, 2.24) is 4.90 Å². The fraction of sp³-hybridized carbons (Fsp3) is 0.316. The fourth-order valence-corrected chi connectivity index (χ4v) is 2.99. The van der Waals surface area contributed by atoms with Crippen LogP contribution in [0, 0.1) is 25.5 Å². The van der Waals surface area contributed by atoms with E-state index in [0.717, 1.165) is 16.8 Å². The summed E-state index contributed by atoms with van der Waals surface area (Å²) in [5.41, 5.74) is 2.83. The van der Waals surface area contributed by atoms with Gasteiger partial charge in [0.25, 0.3) is 0 Å². The molecule has 0 aliphatic carbocycles. The summed E-state index contributed by atoms with van der Waals surface area (Å²) < 4.78 is 27.8. The van der Waals surface area contributed by atoms with Crippen molar-refractivity contribution in [3.8, 4) is 0 Å². The Morgan fingerprint density at radius 3 is 2.28 bits per heavy atom. The first kappa shape index (κ1) is 17.2. The van der Waals surface area contributed by atoms with Crippen molar-refractivity contribution in [2.75, 3.05) is 36.4 Å². The number of anilines is 2. The number of aryl methyl sites for hydroxylation is 2. The lowest BCUT2D eigenvalue weighted by molar-refractivity contribution is 0.208. The topological polar surface area (TPSA) is 35.6 Å². The smallest absolute Gasteiger partial charge is 0.321 e. The summed E-state index contributed by atoms with van der Waals surface area (Å²) in [6.07, 6.45) is 0. The van der Waals surface area contributed by atoms with Crippen LogP contribution in [0.3, 0.4) is 0 Å². The molecule has 1 saturated heterocycles. The third-order valence-corrected chi connectivity index (χ3v) is 4.46. The van der Waals surface area contributed by atoms with E-state index in [4.69, 9.17) is 0 Å². The molecule has 4 nitrogen and oxygen atoms in total. The van der Waals surface area contributed by atoms with Gasteiger partial charge in [-0.2, -0.15) is 0 Å². The molecule has 0 radical (unpaired) electrons. The van der Waals surface area contributed by atoms with Gasteiger partial charge in [0.05, 0.1) is 0 Å². The Morgan fingerprint density at radius 1 is 1.00 bits per heavy atom. The van der Waals surface area contributed by atoms with Crippen LogP contribution in [0.25, 0.3) is 0 Å². The van der Waals surface area contributed by atoms with Gasteiger partial charge in [0.2, 0.25) is 0 Å². The summed E-state index contributed by atoms with van der Waals surface area (Å²) >= 11 is 0. The molecule has 3 rings (SSSR count). The zero-order valence-corrected chi connectivity index (χ0v) is 14.4. The maximum Gasteiger partial charge on any atom is 0.321 e. The molecule has 6 heteroatoms. The van der Waals surface area contributed by atoms with Gasteiger partial charge in [-0.05, 0) is 43.2 Å². The number of halogens is 2. The summed E-state index contributed by atoms with van der Waals surface area (Å²) in [6.45, 7) is 5.50. The maximum atomic E-state index is 13.9. The molecule has 132 valence electrons. The minimum Gasteiger partial charge on any atom is -0.363 e. The molecule has 0 saturated carbocycles. The number of amides is 2. The minimum atomic E-state index is -0.576. The molecule has 0 aromatic heterocycles. The lowest BCUT2D eigenvalue weighted by Crippen LogP contribution is -2.50. The summed E-state index contributed by atoms with van der Waals surface area (Å²) in [4.78, 5) is 15.8. The molecular formula is C19H21F2N3O. The van der Waals surface area contributed by atoms with Gasteiger partial charge in [0, 0.05) is 31.9 Å². The molecule has 1 N–H and O–H groups in total. The summed E-state index contributed by atoms with van der Waals surface area (Å²) in [7, 11) is 0. The molecule has 1 heterocycles. The van der Waals surface area contributed by atoms with Crippen LogP contribution in [0.4, 0.5) is 25.0 Å². The van der Waals surface area contributed by atoms with E-state index in [9.17, 15) is 13.6 Å². The molecule has 1 aliphatic heterocycles. The normalized spacial score (nSPS) is 14.6. The van der Waals surface area contributed by atoms with E-state index >= 15 is 0 Å². The van der Waals surface area contributed by atoms with Crippen LogP contribution in [-0.2, 0) is 0 Å². The highest BCUT2D eigenvalue weighted by molar-refractivity contribution is 5.90. The van der Waals surface area contributed by atoms with Crippen molar-refractivity contribution in [2.45, 2.75) is 13.8 Å². The van der Waals surface area contributed by atoms with E-state index in [1.165, 1.54) is 18.2 Å². The fourth-order valence-electron chi connectivity index (χ4n) is 2.99. The van der Waals surface area contributed by atoms with Gasteiger partial charge in [-0.15, -0.1) is 0 Å². The van der Waals surface area contributed by atoms with Gasteiger partial charge in [-0.3, -0.25) is 0 Å². The van der Waals surface area contributed by atoms with Crippen LogP contribution in [0.15, 0.2) is 36.4 Å². The highest BCUT2D eigenvalue weighted by Gasteiger charge is 2.25. The van der Waals surface area contributed by atoms with Crippen molar-refractivity contribution in [2.24, 2.45) is 0 Å². The highest BCUT2D eigenvalue weighted by atomic mass is 19.1. The standard InChI is InChI=1S/C19H21F2N3O/c1-13-6-7-14(2)17(12-13)22-19(25)24-10-8-23(9-11-24)18-15(20)4-3-5-16(18)21/h3-7,12H,8-11H2,1-2H3,(H,22,25). The van der Waals surface area contributed by atoms with Crippen LogP contribution in [-0.4, -0.2) is 37.1 Å². The van der Waals surface area contributed by atoms with Crippen molar-refractivity contribution in [3.63, 3.8) is 0 Å². The van der Waals surface area contributed by atoms with E-state index in [1.807, 2.05) is 32.0 Å². The second kappa shape index (κ2) is 7.09. The number of carbonyl (C=O) groups excluding carboxylic acids is 1. The third-order valence-electron chi connectivity index (χ3n) is 4.46. The number of carbonyl (C=O) groups is 1. The molecule has 2 aromatic carbocycles. The van der Waals surface area contributed by atoms with Gasteiger partial charge in [-0.25, -0.2) is 13.6 Å².